The van der Waals surface area contributed by atoms with Crippen molar-refractivity contribution in [2.45, 2.75) is 37.7 Å². The van der Waals surface area contributed by atoms with Crippen molar-refractivity contribution in [3.63, 3.8) is 0 Å². The molecule has 0 radical (unpaired) electrons. The Morgan fingerprint density at radius 3 is 2.45 bits per heavy atom. The van der Waals surface area contributed by atoms with Gasteiger partial charge in [-0.3, -0.25) is 4.90 Å². The molecule has 0 spiro atoms. The van der Waals surface area contributed by atoms with E-state index in [1.807, 2.05) is 6.07 Å². The van der Waals surface area contributed by atoms with Crippen LogP contribution in [0.3, 0.4) is 0 Å². The predicted molar refractivity (Wildman–Crippen MR) is 116 cm³/mol. The molecule has 0 saturated carbocycles. The molecular formula is C25H29N3O. The lowest BCUT2D eigenvalue weighted by Gasteiger charge is -2.47. The van der Waals surface area contributed by atoms with Crippen molar-refractivity contribution in [2.75, 3.05) is 37.6 Å². The molecule has 6 rings (SSSR count). The van der Waals surface area contributed by atoms with Crippen molar-refractivity contribution in [2.24, 2.45) is 5.92 Å². The van der Waals surface area contributed by atoms with Crippen LogP contribution in [0.5, 0.6) is 0 Å². The van der Waals surface area contributed by atoms with Crippen molar-refractivity contribution < 1.29 is 5.11 Å². The van der Waals surface area contributed by atoms with E-state index in [4.69, 9.17) is 4.98 Å². The minimum atomic E-state index is -0.881. The Morgan fingerprint density at radius 2 is 1.76 bits per heavy atom. The first-order valence-electron chi connectivity index (χ1n) is 11.0. The normalized spacial score (nSPS) is 28.2. The van der Waals surface area contributed by atoms with E-state index in [0.29, 0.717) is 12.5 Å². The third-order valence-electron chi connectivity index (χ3n) is 6.75. The number of benzene rings is 1. The predicted octanol–water partition coefficient (Wildman–Crippen LogP) is 3.08. The van der Waals surface area contributed by atoms with Gasteiger partial charge in [-0.15, -0.1) is 0 Å². The molecule has 0 unspecified atom stereocenters. The molecule has 2 bridgehead atoms. The largest absolute Gasteiger partial charge is 0.376 e. The zero-order valence-corrected chi connectivity index (χ0v) is 17.0. The molecular weight excluding hydrogens is 358 g/mol. The van der Waals surface area contributed by atoms with Crippen LogP contribution in [0.2, 0.25) is 0 Å². The van der Waals surface area contributed by atoms with Gasteiger partial charge in [-0.1, -0.05) is 42.2 Å². The number of aliphatic hydroxyl groups is 1. The van der Waals surface area contributed by atoms with Crippen LogP contribution < -0.4 is 4.90 Å². The van der Waals surface area contributed by atoms with Gasteiger partial charge in [-0.05, 0) is 56.5 Å². The number of fused-ring (bicyclic) bond motifs is 3. The molecule has 1 aromatic heterocycles. The summed E-state index contributed by atoms with van der Waals surface area (Å²) in [6.45, 7) is 5.04. The Labute approximate surface area is 173 Å². The molecule has 4 fully saturated rings. The summed E-state index contributed by atoms with van der Waals surface area (Å²) in [5.41, 5.74) is 2.32. The van der Waals surface area contributed by atoms with Crippen molar-refractivity contribution in [3.8, 4) is 11.8 Å². The third kappa shape index (κ3) is 3.90. The Bertz CT molecular complexity index is 918. The second-order valence-corrected chi connectivity index (χ2v) is 8.74. The number of aromatic nitrogens is 1. The van der Waals surface area contributed by atoms with Crippen molar-refractivity contribution >= 4 is 5.82 Å². The Morgan fingerprint density at radius 1 is 1.00 bits per heavy atom. The van der Waals surface area contributed by atoms with Gasteiger partial charge in [-0.2, -0.15) is 0 Å². The summed E-state index contributed by atoms with van der Waals surface area (Å²) < 4.78 is 0. The average Bonchev–Trinajstić information content (AvgIpc) is 3.29. The number of pyridine rings is 1. The van der Waals surface area contributed by atoms with Gasteiger partial charge in [0.25, 0.3) is 0 Å². The highest BCUT2D eigenvalue weighted by molar-refractivity contribution is 5.49. The van der Waals surface area contributed by atoms with E-state index in [2.05, 4.69) is 58.0 Å². The fourth-order valence-corrected chi connectivity index (χ4v) is 5.01. The highest BCUT2D eigenvalue weighted by Gasteiger charge is 2.44. The number of piperidine rings is 3. The lowest BCUT2D eigenvalue weighted by molar-refractivity contribution is -0.0713. The van der Waals surface area contributed by atoms with Crippen LogP contribution in [0.1, 0.15) is 42.5 Å². The lowest BCUT2D eigenvalue weighted by atomic mass is 9.75. The van der Waals surface area contributed by atoms with Crippen LogP contribution >= 0.6 is 0 Å². The highest BCUT2D eigenvalue weighted by atomic mass is 16.3. The zero-order valence-electron chi connectivity index (χ0n) is 17.0. The van der Waals surface area contributed by atoms with Crippen molar-refractivity contribution in [3.05, 3.63) is 59.3 Å². The summed E-state index contributed by atoms with van der Waals surface area (Å²) >= 11 is 0. The summed E-state index contributed by atoms with van der Waals surface area (Å²) in [6, 6.07) is 14.7. The molecule has 4 saturated heterocycles. The second kappa shape index (κ2) is 7.82. The van der Waals surface area contributed by atoms with E-state index in [9.17, 15) is 5.11 Å². The van der Waals surface area contributed by atoms with Crippen molar-refractivity contribution in [1.29, 1.82) is 0 Å². The average molecular weight is 388 g/mol. The van der Waals surface area contributed by atoms with Crippen molar-refractivity contribution in [1.82, 2.24) is 9.88 Å². The zero-order chi connectivity index (χ0) is 19.7. The summed E-state index contributed by atoms with van der Waals surface area (Å²) in [4.78, 5) is 9.73. The Kier molecular flexibility index (Phi) is 5.03. The monoisotopic (exact) mass is 387 g/mol. The van der Waals surface area contributed by atoms with Crippen LogP contribution in [0.15, 0.2) is 42.5 Å². The molecule has 1 atom stereocenters. The van der Waals surface area contributed by atoms with Gasteiger partial charge in [0.1, 0.15) is 11.4 Å². The number of hydrogen-bond acceptors (Lipinski definition) is 4. The molecule has 4 nitrogen and oxygen atoms in total. The molecule has 2 aromatic rings. The number of hydrogen-bond donors (Lipinski definition) is 1. The van der Waals surface area contributed by atoms with E-state index < -0.39 is 5.60 Å². The molecule has 4 aliphatic rings. The molecule has 29 heavy (non-hydrogen) atoms. The molecule has 150 valence electrons. The SMILES string of the molecule is O[C@]1(C#Cc2ccc(N3CCCC3)nc2Cc2ccccc2)CN2CCC1CC2. The van der Waals surface area contributed by atoms with Gasteiger partial charge < -0.3 is 10.0 Å². The van der Waals surface area contributed by atoms with E-state index in [0.717, 1.165) is 62.5 Å². The summed E-state index contributed by atoms with van der Waals surface area (Å²) in [5.74, 6) is 7.97. The smallest absolute Gasteiger partial charge is 0.141 e. The lowest BCUT2D eigenvalue weighted by Crippen LogP contribution is -2.58. The van der Waals surface area contributed by atoms with Gasteiger partial charge >= 0.3 is 0 Å². The van der Waals surface area contributed by atoms with E-state index >= 15 is 0 Å². The fraction of sp³-hybridized carbons (Fsp3) is 0.480. The van der Waals surface area contributed by atoms with Crippen LogP contribution in [-0.2, 0) is 6.42 Å². The van der Waals surface area contributed by atoms with E-state index in [-0.39, 0.29) is 0 Å². The standard InChI is InChI=1S/C25H29N3O/c29-25(19-27-16-11-22(25)12-17-27)13-10-21-8-9-24(28-14-4-5-15-28)26-23(21)18-20-6-2-1-3-7-20/h1-3,6-9,22,29H,4-5,11-12,14-19H2/t25-/m1/s1. The maximum absolute atomic E-state index is 11.2. The maximum Gasteiger partial charge on any atom is 0.141 e. The number of rotatable bonds is 3. The highest BCUT2D eigenvalue weighted by Crippen LogP contribution is 2.35. The molecule has 0 aliphatic carbocycles. The van der Waals surface area contributed by atoms with Crippen LogP contribution in [0.25, 0.3) is 0 Å². The Hall–Kier alpha value is -2.35. The van der Waals surface area contributed by atoms with Gasteiger partial charge in [-0.25, -0.2) is 4.98 Å². The van der Waals surface area contributed by atoms with Crippen LogP contribution in [0.4, 0.5) is 5.82 Å². The quantitative estimate of drug-likeness (QED) is 0.822. The number of anilines is 1. The molecule has 1 aromatic carbocycles. The van der Waals surface area contributed by atoms with Gasteiger partial charge in [0.2, 0.25) is 0 Å². The van der Waals surface area contributed by atoms with E-state index in [1.54, 1.807) is 0 Å². The van der Waals surface area contributed by atoms with Gasteiger partial charge in [0, 0.05) is 37.5 Å². The first-order valence-corrected chi connectivity index (χ1v) is 11.0. The Balaban J connectivity index is 1.47. The molecule has 4 heteroatoms. The summed E-state index contributed by atoms with van der Waals surface area (Å²) in [6.07, 6.45) is 5.34. The number of nitrogens with zero attached hydrogens (tertiary/aromatic N) is 3. The third-order valence-corrected chi connectivity index (χ3v) is 6.75. The second-order valence-electron chi connectivity index (χ2n) is 8.74. The molecule has 4 aliphatic heterocycles. The maximum atomic E-state index is 11.2. The minimum Gasteiger partial charge on any atom is -0.376 e. The topological polar surface area (TPSA) is 39.6 Å². The molecule has 0 amide bonds. The summed E-state index contributed by atoms with van der Waals surface area (Å²) in [5, 5.41) is 11.2. The van der Waals surface area contributed by atoms with Crippen LogP contribution in [0, 0.1) is 17.8 Å². The van der Waals surface area contributed by atoms with Gasteiger partial charge in [0.05, 0.1) is 5.69 Å². The molecule has 1 N–H and O–H groups in total. The first-order chi connectivity index (χ1) is 14.2. The minimum absolute atomic E-state index is 0.300. The van der Waals surface area contributed by atoms with Crippen LogP contribution in [-0.4, -0.2) is 53.3 Å². The fourth-order valence-electron chi connectivity index (χ4n) is 5.01. The first kappa shape index (κ1) is 18.7. The van der Waals surface area contributed by atoms with E-state index in [1.165, 1.54) is 18.4 Å². The van der Waals surface area contributed by atoms with Gasteiger partial charge in [0.15, 0.2) is 0 Å². The summed E-state index contributed by atoms with van der Waals surface area (Å²) in [7, 11) is 0. The molecule has 5 heterocycles.